The number of fused-ring (bicyclic) bond motifs is 4. The summed E-state index contributed by atoms with van der Waals surface area (Å²) >= 11 is 0. The lowest BCUT2D eigenvalue weighted by Crippen LogP contribution is -2.46. The molecular formula is C31H42N2O10. The molecule has 12 nitrogen and oxygen atoms in total. The minimum absolute atomic E-state index is 0.0358. The molecule has 7 N–H and O–H groups in total. The van der Waals surface area contributed by atoms with Crippen molar-refractivity contribution in [1.29, 1.82) is 0 Å². The van der Waals surface area contributed by atoms with Crippen LogP contribution in [-0.4, -0.2) is 63.4 Å². The predicted molar refractivity (Wildman–Crippen MR) is 155 cm³/mol. The van der Waals surface area contributed by atoms with Crippen LogP contribution >= 0.6 is 0 Å². The van der Waals surface area contributed by atoms with Crippen LogP contribution in [0.15, 0.2) is 24.3 Å². The molecule has 0 radical (unpaired) electrons. The van der Waals surface area contributed by atoms with Gasteiger partial charge in [0.2, 0.25) is 0 Å². The summed E-state index contributed by atoms with van der Waals surface area (Å²) in [6, 6.07) is 4.62. The van der Waals surface area contributed by atoms with Gasteiger partial charge < -0.3 is 50.4 Å². The van der Waals surface area contributed by atoms with Gasteiger partial charge in [0.15, 0.2) is 17.6 Å². The van der Waals surface area contributed by atoms with E-state index in [1.54, 1.807) is 20.8 Å². The molecule has 2 aliphatic heterocycles. The zero-order valence-electron chi connectivity index (χ0n) is 25.0. The average molecular weight is 603 g/mol. The lowest BCUT2D eigenvalue weighted by atomic mass is 9.79. The maximum Gasteiger partial charge on any atom is 0.408 e. The van der Waals surface area contributed by atoms with Crippen LogP contribution in [0.5, 0.6) is 28.7 Å². The highest BCUT2D eigenvalue weighted by molar-refractivity contribution is 5.81. The number of nitrogens with two attached hydrogens (primary N) is 1. The summed E-state index contributed by atoms with van der Waals surface area (Å²) in [4.78, 5) is 25.3. The third kappa shape index (κ3) is 7.55. The molecule has 4 atom stereocenters. The normalized spacial score (nSPS) is 21.4. The van der Waals surface area contributed by atoms with Crippen molar-refractivity contribution in [2.45, 2.75) is 95.7 Å². The second-order valence-corrected chi connectivity index (χ2v) is 12.3. The van der Waals surface area contributed by atoms with Crippen LogP contribution in [0.2, 0.25) is 0 Å². The lowest BCUT2D eigenvalue weighted by molar-refractivity contribution is -0.157. The number of carbonyl (C=O) groups is 2. The molecule has 0 fully saturated rings. The highest BCUT2D eigenvalue weighted by Crippen LogP contribution is 2.52. The van der Waals surface area contributed by atoms with Crippen molar-refractivity contribution in [3.63, 3.8) is 0 Å². The van der Waals surface area contributed by atoms with Gasteiger partial charge in [-0.05, 0) is 84.0 Å². The molecule has 0 spiro atoms. The van der Waals surface area contributed by atoms with E-state index in [0.717, 1.165) is 0 Å². The molecule has 2 heterocycles. The zero-order chi connectivity index (χ0) is 31.5. The summed E-state index contributed by atoms with van der Waals surface area (Å²) < 4.78 is 23.5. The molecule has 2 aromatic carbocycles. The summed E-state index contributed by atoms with van der Waals surface area (Å²) in [7, 11) is 0. The van der Waals surface area contributed by atoms with E-state index < -0.39 is 41.5 Å². The van der Waals surface area contributed by atoms with E-state index in [1.165, 1.54) is 24.3 Å². The van der Waals surface area contributed by atoms with E-state index in [2.05, 4.69) is 5.32 Å². The number of esters is 1. The molecule has 0 aromatic heterocycles. The first-order chi connectivity index (χ1) is 20.2. The molecular weight excluding hydrogens is 560 g/mol. The SMILES string of the molecule is CC(C)(C)OC(=O)N[C@@H](CCCCN)C(=O)OCCCC1(C)O[C@H]2Cc3c(O)cc(O)cc3O[C@@H]2c2cc(O)c(O)cc21. The number of amides is 1. The Bertz CT molecular complexity index is 1340. The van der Waals surface area contributed by atoms with Crippen LogP contribution in [0.25, 0.3) is 0 Å². The fraction of sp³-hybridized carbons (Fsp3) is 0.548. The molecule has 236 valence electrons. The van der Waals surface area contributed by atoms with Gasteiger partial charge in [-0.25, -0.2) is 9.59 Å². The van der Waals surface area contributed by atoms with E-state index in [1.807, 2.05) is 6.92 Å². The highest BCUT2D eigenvalue weighted by Gasteiger charge is 2.47. The summed E-state index contributed by atoms with van der Waals surface area (Å²) in [5.41, 5.74) is 5.56. The Kier molecular flexibility index (Phi) is 9.50. The number of phenolic OH excluding ortho intramolecular Hbond substituents is 4. The number of alkyl carbamates (subject to hydrolysis) is 1. The quantitative estimate of drug-likeness (QED) is 0.130. The first-order valence-electron chi connectivity index (χ1n) is 14.5. The molecule has 1 amide bonds. The van der Waals surface area contributed by atoms with Crippen molar-refractivity contribution in [2.75, 3.05) is 13.2 Å². The molecule has 0 saturated carbocycles. The van der Waals surface area contributed by atoms with E-state index in [-0.39, 0.29) is 36.0 Å². The molecule has 4 rings (SSSR count). The number of hydrogen-bond acceptors (Lipinski definition) is 11. The molecule has 2 aliphatic rings. The summed E-state index contributed by atoms with van der Waals surface area (Å²) in [6.07, 6.45) is 0.731. The minimum atomic E-state index is -0.975. The summed E-state index contributed by atoms with van der Waals surface area (Å²) in [5.74, 6) is -1.19. The molecule has 2 aromatic rings. The van der Waals surface area contributed by atoms with E-state index >= 15 is 0 Å². The topological polar surface area (TPSA) is 190 Å². The van der Waals surface area contributed by atoms with Crippen LogP contribution in [0, 0.1) is 0 Å². The van der Waals surface area contributed by atoms with Gasteiger partial charge in [0.1, 0.15) is 35.0 Å². The van der Waals surface area contributed by atoms with Gasteiger partial charge in [-0.1, -0.05) is 0 Å². The maximum absolute atomic E-state index is 12.9. The Morgan fingerprint density at radius 1 is 1.07 bits per heavy atom. The molecule has 12 heteroatoms. The van der Waals surface area contributed by atoms with Gasteiger partial charge in [0, 0.05) is 29.7 Å². The van der Waals surface area contributed by atoms with Gasteiger partial charge >= 0.3 is 12.1 Å². The molecule has 0 aliphatic carbocycles. The Labute approximate surface area is 250 Å². The van der Waals surface area contributed by atoms with Crippen LogP contribution in [0.1, 0.15) is 82.6 Å². The standard InChI is InChI=1S/C31H42N2O10/c1-30(2,3)43-29(39)33-21(8-5-6-10-32)28(38)40-11-7-9-31(4)20-16-24(37)23(36)14-18(20)27-26(42-31)15-19-22(35)12-17(34)13-25(19)41-27/h12-14,16,21,26-27,34-37H,5-11,15,32H2,1-4H3,(H,33,39)/t21-,26-,27+,31?/m0/s1. The van der Waals surface area contributed by atoms with Crippen molar-refractivity contribution in [2.24, 2.45) is 5.73 Å². The summed E-state index contributed by atoms with van der Waals surface area (Å²) in [5, 5.41) is 43.6. The van der Waals surface area contributed by atoms with E-state index in [9.17, 15) is 30.0 Å². The summed E-state index contributed by atoms with van der Waals surface area (Å²) in [6.45, 7) is 7.53. The van der Waals surface area contributed by atoms with Crippen LogP contribution in [0.4, 0.5) is 4.79 Å². The molecule has 43 heavy (non-hydrogen) atoms. The number of rotatable bonds is 10. The highest BCUT2D eigenvalue weighted by atomic mass is 16.6. The first-order valence-corrected chi connectivity index (χ1v) is 14.5. The average Bonchev–Trinajstić information content (AvgIpc) is 2.90. The van der Waals surface area contributed by atoms with Gasteiger partial charge in [-0.15, -0.1) is 0 Å². The first kappa shape index (κ1) is 32.0. The van der Waals surface area contributed by atoms with Crippen molar-refractivity contribution in [3.05, 3.63) is 41.0 Å². The Morgan fingerprint density at radius 3 is 2.49 bits per heavy atom. The number of carbonyl (C=O) groups excluding carboxylic acids is 2. The lowest BCUT2D eigenvalue weighted by Gasteiger charge is -2.46. The van der Waals surface area contributed by atoms with E-state index in [0.29, 0.717) is 61.1 Å². The third-order valence-electron chi connectivity index (χ3n) is 7.57. The smallest absolute Gasteiger partial charge is 0.408 e. The Hall–Kier alpha value is -3.90. The van der Waals surface area contributed by atoms with Crippen LogP contribution < -0.4 is 15.8 Å². The second kappa shape index (κ2) is 12.8. The Balaban J connectivity index is 1.46. The largest absolute Gasteiger partial charge is 0.508 e. The number of nitrogens with one attached hydrogen (secondary N) is 1. The number of benzene rings is 2. The Morgan fingerprint density at radius 2 is 1.79 bits per heavy atom. The fourth-order valence-corrected chi connectivity index (χ4v) is 5.57. The number of phenols is 4. The predicted octanol–water partition coefficient (Wildman–Crippen LogP) is 4.14. The molecule has 1 unspecified atom stereocenters. The van der Waals surface area contributed by atoms with Crippen molar-refractivity contribution in [3.8, 4) is 28.7 Å². The van der Waals surface area contributed by atoms with Crippen molar-refractivity contribution >= 4 is 12.1 Å². The second-order valence-electron chi connectivity index (χ2n) is 12.3. The minimum Gasteiger partial charge on any atom is -0.508 e. The van der Waals surface area contributed by atoms with E-state index in [4.69, 9.17) is 24.7 Å². The third-order valence-corrected chi connectivity index (χ3v) is 7.57. The van der Waals surface area contributed by atoms with Gasteiger partial charge in [-0.3, -0.25) is 0 Å². The molecule has 0 bridgehead atoms. The fourth-order valence-electron chi connectivity index (χ4n) is 5.57. The van der Waals surface area contributed by atoms with Crippen molar-refractivity contribution in [1.82, 2.24) is 5.32 Å². The van der Waals surface area contributed by atoms with Crippen LogP contribution in [-0.2, 0) is 31.0 Å². The van der Waals surface area contributed by atoms with Crippen molar-refractivity contribution < 1.29 is 49.0 Å². The zero-order valence-corrected chi connectivity index (χ0v) is 25.0. The maximum atomic E-state index is 12.9. The molecule has 0 saturated heterocycles. The van der Waals surface area contributed by atoms with Gasteiger partial charge in [0.05, 0.1) is 12.2 Å². The van der Waals surface area contributed by atoms with Crippen LogP contribution in [0.3, 0.4) is 0 Å². The monoisotopic (exact) mass is 602 g/mol. The van der Waals surface area contributed by atoms with Gasteiger partial charge in [0.25, 0.3) is 0 Å². The van der Waals surface area contributed by atoms with Gasteiger partial charge in [-0.2, -0.15) is 0 Å². The number of aromatic hydroxyl groups is 4. The number of hydrogen-bond donors (Lipinski definition) is 6. The number of ether oxygens (including phenoxy) is 4. The number of unbranched alkanes of at least 4 members (excludes halogenated alkanes) is 1.